The number of nitrogens with one attached hydrogen (secondary N) is 1. The van der Waals surface area contributed by atoms with Gasteiger partial charge in [-0.15, -0.1) is 11.3 Å². The molecule has 0 saturated heterocycles. The summed E-state index contributed by atoms with van der Waals surface area (Å²) in [5, 5.41) is 4.57. The van der Waals surface area contributed by atoms with Crippen molar-refractivity contribution in [1.29, 1.82) is 0 Å². The van der Waals surface area contributed by atoms with E-state index in [-0.39, 0.29) is 58.8 Å². The highest BCUT2D eigenvalue weighted by atomic mass is 32.1. The van der Waals surface area contributed by atoms with Crippen LogP contribution < -0.4 is 0 Å². The number of hydrogen-bond acceptors (Lipinski definition) is 1. The zero-order valence-electron chi connectivity index (χ0n) is 24.1. The van der Waals surface area contributed by atoms with E-state index in [4.69, 9.17) is 8.22 Å². The second-order valence-electron chi connectivity index (χ2n) is 8.14. The maximum Gasteiger partial charge on any atom is 0.0652 e. The smallest absolute Gasteiger partial charge is 0.0652 e. The minimum absolute atomic E-state index is 0.0355. The van der Waals surface area contributed by atoms with E-state index in [9.17, 15) is 1.37 Å². The SMILES string of the molecule is [2H]c1c([2H])c([2H])c2c(sc3c([2H])c([2H])c(-n4c5ccccc5c5c6[nH]c7ccccc7c6ccc54)c([2H])c32)c1[2H]. The predicted molar refractivity (Wildman–Crippen MR) is 143 cm³/mol. The fourth-order valence-corrected chi connectivity index (χ4v) is 5.94. The molecule has 0 atom stereocenters. The number of para-hydroxylation sites is 2. The summed E-state index contributed by atoms with van der Waals surface area (Å²) in [6.07, 6.45) is 0. The van der Waals surface area contributed by atoms with Crippen LogP contribution in [0.3, 0.4) is 0 Å². The molecule has 3 heteroatoms. The van der Waals surface area contributed by atoms with Crippen molar-refractivity contribution in [3.05, 3.63) is 103 Å². The second-order valence-corrected chi connectivity index (χ2v) is 9.16. The van der Waals surface area contributed by atoms with E-state index in [1.165, 1.54) is 0 Å². The van der Waals surface area contributed by atoms with Gasteiger partial charge < -0.3 is 9.55 Å². The molecule has 2 nitrogen and oxygen atoms in total. The lowest BCUT2D eigenvalue weighted by atomic mass is 10.1. The molecule has 0 fully saturated rings. The van der Waals surface area contributed by atoms with Crippen molar-refractivity contribution in [3.63, 3.8) is 0 Å². The van der Waals surface area contributed by atoms with Gasteiger partial charge in [-0.05, 0) is 42.4 Å². The molecule has 0 aliphatic carbocycles. The Bertz CT molecular complexity index is 2420. The van der Waals surface area contributed by atoms with Gasteiger partial charge in [0.1, 0.15) is 0 Å². The summed E-state index contributed by atoms with van der Waals surface area (Å²) in [4.78, 5) is 3.57. The number of aromatic nitrogens is 2. The first kappa shape index (κ1) is 12.2. The number of rotatable bonds is 1. The van der Waals surface area contributed by atoms with Gasteiger partial charge in [-0.25, -0.2) is 0 Å². The van der Waals surface area contributed by atoms with Crippen molar-refractivity contribution >= 4 is 75.1 Å². The monoisotopic (exact) mass is 445 g/mol. The lowest BCUT2D eigenvalue weighted by Crippen LogP contribution is -1.93. The highest BCUT2D eigenvalue weighted by molar-refractivity contribution is 7.25. The van der Waals surface area contributed by atoms with E-state index in [2.05, 4.69) is 11.1 Å². The standard InChI is InChI=1S/C30H18N2S/c1-4-10-24-19(7-1)21-14-15-26-29(30(21)31-24)22-9-2-5-11-25(22)32(26)18-13-16-28-23(17-18)20-8-3-6-12-27(20)33-28/h1-17,31H/i3D,6D,8D,12D,13D,16D,17D. The molecule has 0 unspecified atom stereocenters. The van der Waals surface area contributed by atoms with Gasteiger partial charge in [0.15, 0.2) is 0 Å². The molecule has 0 spiro atoms. The van der Waals surface area contributed by atoms with E-state index in [1.54, 1.807) is 0 Å². The molecule has 8 rings (SSSR count). The molecule has 0 amide bonds. The number of H-pyrrole nitrogens is 1. The Kier molecular flexibility index (Phi) is 2.32. The van der Waals surface area contributed by atoms with E-state index >= 15 is 0 Å². The first-order valence-electron chi connectivity index (χ1n) is 14.1. The predicted octanol–water partition coefficient (Wildman–Crippen LogP) is 8.79. The molecule has 0 bridgehead atoms. The van der Waals surface area contributed by atoms with Crippen molar-refractivity contribution in [2.45, 2.75) is 0 Å². The fourth-order valence-electron chi connectivity index (χ4n) is 5.02. The van der Waals surface area contributed by atoms with Crippen LogP contribution >= 0.6 is 11.3 Å². The molecule has 5 aromatic carbocycles. The highest BCUT2D eigenvalue weighted by Gasteiger charge is 2.17. The summed E-state index contributed by atoms with van der Waals surface area (Å²) in [6, 6.07) is 18.5. The Balaban J connectivity index is 1.59. The second kappa shape index (κ2) is 6.25. The molecule has 0 aliphatic rings. The molecule has 1 N–H and O–H groups in total. The van der Waals surface area contributed by atoms with E-state index in [0.29, 0.717) is 9.40 Å². The third kappa shape index (κ3) is 2.27. The van der Waals surface area contributed by atoms with E-state index < -0.39 is 0 Å². The number of aromatic amines is 1. The number of benzene rings is 5. The van der Waals surface area contributed by atoms with E-state index in [1.807, 2.05) is 59.2 Å². The van der Waals surface area contributed by atoms with Gasteiger partial charge in [0.2, 0.25) is 0 Å². The first-order valence-corrected chi connectivity index (χ1v) is 11.5. The Morgan fingerprint density at radius 2 is 1.48 bits per heavy atom. The van der Waals surface area contributed by atoms with Crippen molar-refractivity contribution in [3.8, 4) is 5.69 Å². The molecule has 3 heterocycles. The van der Waals surface area contributed by atoms with Crippen LogP contribution in [-0.4, -0.2) is 9.55 Å². The minimum Gasteiger partial charge on any atom is -0.354 e. The van der Waals surface area contributed by atoms with Crippen LogP contribution in [0.4, 0.5) is 0 Å². The van der Waals surface area contributed by atoms with Gasteiger partial charge in [0.05, 0.1) is 26.1 Å². The van der Waals surface area contributed by atoms with Crippen molar-refractivity contribution in [1.82, 2.24) is 9.55 Å². The first-order chi connectivity index (χ1) is 19.3. The zero-order valence-corrected chi connectivity index (χ0v) is 17.9. The number of fused-ring (bicyclic) bond motifs is 10. The van der Waals surface area contributed by atoms with Crippen molar-refractivity contribution in [2.75, 3.05) is 0 Å². The van der Waals surface area contributed by atoms with E-state index in [0.717, 1.165) is 54.9 Å². The molecular weight excluding hydrogens is 420 g/mol. The molecule has 0 aliphatic heterocycles. The number of nitrogens with zero attached hydrogens (tertiary/aromatic N) is 1. The Morgan fingerprint density at radius 1 is 0.667 bits per heavy atom. The summed E-state index contributed by atoms with van der Waals surface area (Å²) in [5.41, 5.74) is 3.74. The third-order valence-electron chi connectivity index (χ3n) is 6.41. The maximum atomic E-state index is 9.37. The lowest BCUT2D eigenvalue weighted by molar-refractivity contribution is 1.19. The zero-order chi connectivity index (χ0) is 27.6. The topological polar surface area (TPSA) is 20.7 Å². The van der Waals surface area contributed by atoms with Crippen molar-refractivity contribution in [2.24, 2.45) is 0 Å². The summed E-state index contributed by atoms with van der Waals surface area (Å²) in [6.45, 7) is 0. The molecule has 8 aromatic rings. The number of hydrogen-bond donors (Lipinski definition) is 1. The van der Waals surface area contributed by atoms with Gasteiger partial charge >= 0.3 is 0 Å². The quantitative estimate of drug-likeness (QED) is 0.261. The average molecular weight is 446 g/mol. The van der Waals surface area contributed by atoms with Crippen LogP contribution in [0.5, 0.6) is 0 Å². The van der Waals surface area contributed by atoms with Gasteiger partial charge in [-0.1, -0.05) is 60.6 Å². The lowest BCUT2D eigenvalue weighted by Gasteiger charge is -2.08. The highest BCUT2D eigenvalue weighted by Crippen LogP contribution is 2.40. The van der Waals surface area contributed by atoms with Crippen LogP contribution in [0.25, 0.3) is 69.5 Å². The summed E-state index contributed by atoms with van der Waals surface area (Å²) in [7, 11) is 0. The molecule has 154 valence electrons. The van der Waals surface area contributed by atoms with Gasteiger partial charge in [0, 0.05) is 52.9 Å². The number of thiophene rings is 1. The van der Waals surface area contributed by atoms with Gasteiger partial charge in [-0.2, -0.15) is 0 Å². The maximum absolute atomic E-state index is 9.37. The van der Waals surface area contributed by atoms with Gasteiger partial charge in [0.25, 0.3) is 0 Å². The minimum atomic E-state index is -0.377. The Morgan fingerprint density at radius 3 is 2.45 bits per heavy atom. The van der Waals surface area contributed by atoms with Crippen molar-refractivity contribution < 1.29 is 9.60 Å². The largest absolute Gasteiger partial charge is 0.354 e. The normalized spacial score (nSPS) is 15.2. The van der Waals surface area contributed by atoms with Crippen LogP contribution in [0.15, 0.2) is 103 Å². The molecule has 0 saturated carbocycles. The van der Waals surface area contributed by atoms with Crippen LogP contribution in [0.1, 0.15) is 9.60 Å². The third-order valence-corrected chi connectivity index (χ3v) is 7.43. The summed E-state index contributed by atoms with van der Waals surface area (Å²) < 4.78 is 63.2. The molecule has 3 aromatic heterocycles. The summed E-state index contributed by atoms with van der Waals surface area (Å²) >= 11 is 1.05. The Hall–Kier alpha value is -4.08. The molecular formula is C30H18N2S. The molecule has 33 heavy (non-hydrogen) atoms. The van der Waals surface area contributed by atoms with Crippen LogP contribution in [0, 0.1) is 0 Å². The van der Waals surface area contributed by atoms with Gasteiger partial charge in [-0.3, -0.25) is 0 Å². The van der Waals surface area contributed by atoms with Crippen LogP contribution in [-0.2, 0) is 0 Å². The molecule has 0 radical (unpaired) electrons. The Labute approximate surface area is 203 Å². The summed E-state index contributed by atoms with van der Waals surface area (Å²) in [5.74, 6) is 0. The van der Waals surface area contributed by atoms with Crippen LogP contribution in [0.2, 0.25) is 0 Å². The fraction of sp³-hybridized carbons (Fsp3) is 0. The average Bonchev–Trinajstić information content (AvgIpc) is 3.64.